The van der Waals surface area contributed by atoms with Gasteiger partial charge in [-0.05, 0) is 75.6 Å². The van der Waals surface area contributed by atoms with Crippen molar-refractivity contribution in [3.05, 3.63) is 127 Å². The van der Waals surface area contributed by atoms with E-state index in [1.807, 2.05) is 42.5 Å². The summed E-state index contributed by atoms with van der Waals surface area (Å²) in [5, 5.41) is 6.71. The molecule has 6 aromatic rings. The second kappa shape index (κ2) is 10.7. The van der Waals surface area contributed by atoms with Gasteiger partial charge in [0.25, 0.3) is 5.56 Å². The molecular weight excluding hydrogens is 601 g/mol. The minimum Gasteiger partial charge on any atom is -0.486 e. The average Bonchev–Trinajstić information content (AvgIpc) is 3.36. The first-order valence-corrected chi connectivity index (χ1v) is 13.4. The van der Waals surface area contributed by atoms with Crippen LogP contribution in [0.3, 0.4) is 0 Å². The van der Waals surface area contributed by atoms with Crippen LogP contribution >= 0.6 is 39.1 Å². The van der Waals surface area contributed by atoms with Crippen molar-refractivity contribution in [3.8, 4) is 17.3 Å². The van der Waals surface area contributed by atoms with Gasteiger partial charge in [0.15, 0.2) is 11.5 Å². The molecule has 0 aliphatic heterocycles. The van der Waals surface area contributed by atoms with E-state index in [9.17, 15) is 4.79 Å². The van der Waals surface area contributed by atoms with Gasteiger partial charge in [-0.1, -0.05) is 65.7 Å². The number of rotatable bonds is 6. The fraction of sp³-hybridized carbons (Fsp3) is 0.0333. The van der Waals surface area contributed by atoms with Crippen molar-refractivity contribution in [2.75, 3.05) is 0 Å². The molecule has 6 rings (SSSR count). The van der Waals surface area contributed by atoms with Gasteiger partial charge in [-0.15, -0.1) is 0 Å². The fourth-order valence-corrected chi connectivity index (χ4v) is 5.33. The normalized spacial score (nSPS) is 11.6. The van der Waals surface area contributed by atoms with E-state index in [1.165, 1.54) is 4.68 Å². The summed E-state index contributed by atoms with van der Waals surface area (Å²) >= 11 is 16.3. The van der Waals surface area contributed by atoms with Crippen LogP contribution in [0, 0.1) is 0 Å². The number of ether oxygens (including phenoxy) is 1. The molecule has 0 aliphatic rings. The molecule has 0 aliphatic carbocycles. The molecule has 0 fully saturated rings. The van der Waals surface area contributed by atoms with Crippen LogP contribution in [0.2, 0.25) is 10.0 Å². The summed E-state index contributed by atoms with van der Waals surface area (Å²) in [5.41, 5.74) is 2.50. The van der Waals surface area contributed by atoms with E-state index in [4.69, 9.17) is 37.3 Å². The van der Waals surface area contributed by atoms with Crippen LogP contribution in [0.1, 0.15) is 11.1 Å². The van der Waals surface area contributed by atoms with Gasteiger partial charge < -0.3 is 9.15 Å². The molecule has 0 radical (unpaired) electrons. The maximum absolute atomic E-state index is 13.5. The van der Waals surface area contributed by atoms with Gasteiger partial charge >= 0.3 is 0 Å². The fourth-order valence-electron chi connectivity index (χ4n) is 4.16. The summed E-state index contributed by atoms with van der Waals surface area (Å²) < 4.78 is 13.8. The molecule has 192 valence electrons. The number of para-hydroxylation sites is 1. The highest BCUT2D eigenvalue weighted by atomic mass is 79.9. The van der Waals surface area contributed by atoms with Crippen molar-refractivity contribution in [3.63, 3.8) is 0 Å². The maximum Gasteiger partial charge on any atom is 0.282 e. The molecule has 0 bridgehead atoms. The Balaban J connectivity index is 1.39. The van der Waals surface area contributed by atoms with E-state index < -0.39 is 0 Å². The molecule has 6 nitrogen and oxygen atoms in total. The Morgan fingerprint density at radius 1 is 0.974 bits per heavy atom. The Morgan fingerprint density at radius 2 is 1.77 bits per heavy atom. The van der Waals surface area contributed by atoms with E-state index in [0.717, 1.165) is 10.9 Å². The van der Waals surface area contributed by atoms with E-state index in [1.54, 1.807) is 54.7 Å². The summed E-state index contributed by atoms with van der Waals surface area (Å²) in [6, 6.07) is 27.5. The van der Waals surface area contributed by atoms with E-state index in [-0.39, 0.29) is 11.4 Å². The third-order valence-corrected chi connectivity index (χ3v) is 7.13. The third kappa shape index (κ3) is 5.21. The minimum absolute atomic E-state index is 0.259. The van der Waals surface area contributed by atoms with Gasteiger partial charge in [0, 0.05) is 10.4 Å². The Kier molecular flexibility index (Phi) is 6.95. The molecule has 4 aromatic carbocycles. The largest absolute Gasteiger partial charge is 0.486 e. The second-order valence-electron chi connectivity index (χ2n) is 8.69. The molecule has 39 heavy (non-hydrogen) atoms. The quantitative estimate of drug-likeness (QED) is 0.176. The van der Waals surface area contributed by atoms with Crippen molar-refractivity contribution in [1.82, 2.24) is 9.66 Å². The lowest BCUT2D eigenvalue weighted by Gasteiger charge is -2.11. The van der Waals surface area contributed by atoms with Gasteiger partial charge in [0.1, 0.15) is 12.2 Å². The van der Waals surface area contributed by atoms with Gasteiger partial charge in [0.2, 0.25) is 5.82 Å². The van der Waals surface area contributed by atoms with Gasteiger partial charge in [-0.25, -0.2) is 4.98 Å². The Hall–Kier alpha value is -3.91. The Morgan fingerprint density at radius 3 is 2.59 bits per heavy atom. The Bertz CT molecular complexity index is 1910. The zero-order valence-electron chi connectivity index (χ0n) is 20.1. The van der Waals surface area contributed by atoms with E-state index in [2.05, 4.69) is 21.0 Å². The first-order chi connectivity index (χ1) is 19.0. The molecule has 0 saturated carbocycles. The smallest absolute Gasteiger partial charge is 0.282 e. The summed E-state index contributed by atoms with van der Waals surface area (Å²) in [4.78, 5) is 18.2. The number of aromatic nitrogens is 2. The SMILES string of the molecule is O=c1c2ccccc2nc(-c2cc3cc(Cl)ccc3o2)n1N=Cc1cc(Cl)c(OCc2ccccc2)c(Br)c1. The molecule has 9 heteroatoms. The van der Waals surface area contributed by atoms with Crippen molar-refractivity contribution < 1.29 is 9.15 Å². The molecule has 2 heterocycles. The van der Waals surface area contributed by atoms with Crippen molar-refractivity contribution in [2.24, 2.45) is 5.10 Å². The van der Waals surface area contributed by atoms with Crippen LogP contribution in [0.15, 0.2) is 110 Å². The van der Waals surface area contributed by atoms with Crippen LogP contribution in [0.25, 0.3) is 33.5 Å². The lowest BCUT2D eigenvalue weighted by molar-refractivity contribution is 0.304. The van der Waals surface area contributed by atoms with Crippen LogP contribution in [0.4, 0.5) is 0 Å². The maximum atomic E-state index is 13.5. The highest BCUT2D eigenvalue weighted by Gasteiger charge is 2.17. The number of furan rings is 1. The molecule has 0 amide bonds. The van der Waals surface area contributed by atoms with Crippen molar-refractivity contribution in [1.29, 1.82) is 0 Å². The molecular formula is C30H18BrCl2N3O3. The average molecular weight is 619 g/mol. The van der Waals surface area contributed by atoms with Gasteiger partial charge in [-0.3, -0.25) is 4.79 Å². The number of fused-ring (bicyclic) bond motifs is 2. The number of hydrogen-bond donors (Lipinski definition) is 0. The number of benzene rings is 4. The lowest BCUT2D eigenvalue weighted by atomic mass is 10.2. The van der Waals surface area contributed by atoms with Gasteiger partial charge in [-0.2, -0.15) is 9.78 Å². The topological polar surface area (TPSA) is 69.6 Å². The van der Waals surface area contributed by atoms with Crippen LogP contribution in [-0.4, -0.2) is 15.9 Å². The predicted octanol–water partition coefficient (Wildman–Crippen LogP) is 8.34. The molecule has 0 saturated heterocycles. The van der Waals surface area contributed by atoms with Crippen molar-refractivity contribution in [2.45, 2.75) is 6.61 Å². The van der Waals surface area contributed by atoms with Crippen LogP contribution in [0.5, 0.6) is 5.75 Å². The molecule has 0 spiro atoms. The number of nitrogens with zero attached hydrogens (tertiary/aromatic N) is 3. The highest BCUT2D eigenvalue weighted by molar-refractivity contribution is 9.10. The third-order valence-electron chi connectivity index (χ3n) is 6.02. The summed E-state index contributed by atoms with van der Waals surface area (Å²) in [5.74, 6) is 1.16. The zero-order chi connectivity index (χ0) is 26.9. The molecule has 0 N–H and O–H groups in total. The molecule has 0 atom stereocenters. The summed E-state index contributed by atoms with van der Waals surface area (Å²) in [6.07, 6.45) is 1.54. The highest BCUT2D eigenvalue weighted by Crippen LogP contribution is 2.35. The van der Waals surface area contributed by atoms with Crippen LogP contribution < -0.4 is 10.3 Å². The zero-order valence-corrected chi connectivity index (χ0v) is 23.2. The second-order valence-corrected chi connectivity index (χ2v) is 10.4. The number of halogens is 3. The number of hydrogen-bond acceptors (Lipinski definition) is 5. The molecule has 2 aromatic heterocycles. The Labute approximate surface area is 241 Å². The van der Waals surface area contributed by atoms with E-state index >= 15 is 0 Å². The molecule has 0 unspecified atom stereocenters. The first-order valence-electron chi connectivity index (χ1n) is 11.9. The summed E-state index contributed by atoms with van der Waals surface area (Å²) in [6.45, 7) is 0.372. The van der Waals surface area contributed by atoms with Crippen molar-refractivity contribution >= 4 is 67.2 Å². The lowest BCUT2D eigenvalue weighted by Crippen LogP contribution is -2.20. The minimum atomic E-state index is -0.335. The van der Waals surface area contributed by atoms with Crippen LogP contribution in [-0.2, 0) is 6.61 Å². The predicted molar refractivity (Wildman–Crippen MR) is 159 cm³/mol. The monoisotopic (exact) mass is 617 g/mol. The first kappa shape index (κ1) is 25.4. The summed E-state index contributed by atoms with van der Waals surface area (Å²) in [7, 11) is 0. The van der Waals surface area contributed by atoms with E-state index in [0.29, 0.717) is 54.7 Å². The van der Waals surface area contributed by atoms with Gasteiger partial charge in [0.05, 0.1) is 26.6 Å². The standard InChI is InChI=1S/C30H18BrCl2N3O3/c31-23-12-19(13-24(33)28(23)38-17-18-6-2-1-3-7-18)16-34-36-29(35-25-9-5-4-8-22(25)30(36)37)27-15-20-14-21(32)10-11-26(20)39-27/h1-16H,17H2.